The molecule has 0 heterocycles. The van der Waals surface area contributed by atoms with Crippen molar-refractivity contribution >= 4 is 17.6 Å². The zero-order valence-corrected chi connectivity index (χ0v) is 14.8. The molecule has 138 valence electrons. The predicted molar refractivity (Wildman–Crippen MR) is 99.3 cm³/mol. The van der Waals surface area contributed by atoms with Crippen LogP contribution in [0.3, 0.4) is 0 Å². The largest absolute Gasteiger partial charge is 0.353 e. The van der Waals surface area contributed by atoms with Gasteiger partial charge in [0.2, 0.25) is 5.91 Å². The molecule has 0 aliphatic heterocycles. The lowest BCUT2D eigenvalue weighted by Gasteiger charge is -2.25. The first-order valence-electron chi connectivity index (χ1n) is 8.24. The molecule has 7 heteroatoms. The summed E-state index contributed by atoms with van der Waals surface area (Å²) < 4.78 is 13.4. The Morgan fingerprint density at radius 1 is 1.04 bits per heavy atom. The molecule has 0 radical (unpaired) electrons. The summed E-state index contributed by atoms with van der Waals surface area (Å²) >= 11 is 0. The van der Waals surface area contributed by atoms with Crippen LogP contribution in [0.2, 0.25) is 0 Å². The number of likely N-dealkylation sites (N-methyl/N-ethyl adjacent to an activating group) is 1. The fraction of sp³-hybridized carbons (Fsp3) is 0.263. The highest BCUT2D eigenvalue weighted by atomic mass is 19.1. The zero-order chi connectivity index (χ0) is 18.9. The van der Waals surface area contributed by atoms with E-state index in [1.807, 2.05) is 31.1 Å². The van der Waals surface area contributed by atoms with Crippen LogP contribution >= 0.6 is 0 Å². The van der Waals surface area contributed by atoms with Gasteiger partial charge in [0.05, 0.1) is 12.6 Å². The molecule has 0 aliphatic carbocycles. The van der Waals surface area contributed by atoms with E-state index in [9.17, 15) is 14.0 Å². The lowest BCUT2D eigenvalue weighted by molar-refractivity contribution is -0.120. The van der Waals surface area contributed by atoms with E-state index < -0.39 is 6.03 Å². The van der Waals surface area contributed by atoms with Gasteiger partial charge in [-0.2, -0.15) is 0 Å². The highest BCUT2D eigenvalue weighted by Gasteiger charge is 2.16. The Hall–Kier alpha value is -2.93. The number of para-hydroxylation sites is 1. The molecule has 3 amide bonds. The summed E-state index contributed by atoms with van der Waals surface area (Å²) in [6, 6.07) is 14.6. The number of benzene rings is 2. The summed E-state index contributed by atoms with van der Waals surface area (Å²) in [5.74, 6) is -0.642. The average molecular weight is 358 g/mol. The molecule has 0 fully saturated rings. The minimum Gasteiger partial charge on any atom is -0.353 e. The number of anilines is 1. The molecule has 0 bridgehead atoms. The van der Waals surface area contributed by atoms with Crippen LogP contribution in [0.4, 0.5) is 14.9 Å². The van der Waals surface area contributed by atoms with Crippen LogP contribution in [0.15, 0.2) is 54.6 Å². The van der Waals surface area contributed by atoms with Crippen LogP contribution in [0.1, 0.15) is 11.6 Å². The number of nitrogens with one attached hydrogen (secondary N) is 3. The number of urea groups is 1. The van der Waals surface area contributed by atoms with Gasteiger partial charge in [-0.3, -0.25) is 4.79 Å². The Morgan fingerprint density at radius 2 is 1.77 bits per heavy atom. The summed E-state index contributed by atoms with van der Waals surface area (Å²) in [5.41, 5.74) is 1.41. The van der Waals surface area contributed by atoms with Gasteiger partial charge in [-0.1, -0.05) is 30.3 Å². The average Bonchev–Trinajstić information content (AvgIpc) is 2.61. The number of carbonyl (C=O) groups is 2. The first-order chi connectivity index (χ1) is 12.5. The maximum absolute atomic E-state index is 13.4. The second-order valence-electron chi connectivity index (χ2n) is 6.01. The monoisotopic (exact) mass is 358 g/mol. The van der Waals surface area contributed by atoms with Gasteiger partial charge in [0.25, 0.3) is 0 Å². The molecule has 0 saturated carbocycles. The third-order valence-corrected chi connectivity index (χ3v) is 3.79. The number of hydrogen-bond acceptors (Lipinski definition) is 3. The molecule has 3 N–H and O–H groups in total. The minimum absolute atomic E-state index is 0.151. The second-order valence-corrected chi connectivity index (χ2v) is 6.01. The number of halogens is 1. The molecular weight excluding hydrogens is 335 g/mol. The van der Waals surface area contributed by atoms with Crippen molar-refractivity contribution in [2.45, 2.75) is 6.04 Å². The van der Waals surface area contributed by atoms with Crippen LogP contribution in [0.25, 0.3) is 0 Å². The molecule has 0 spiro atoms. The van der Waals surface area contributed by atoms with Gasteiger partial charge in [-0.15, -0.1) is 0 Å². The normalized spacial score (nSPS) is 11.7. The van der Waals surface area contributed by atoms with Gasteiger partial charge in [-0.05, 0) is 43.9 Å². The standard InChI is InChI=1S/C19H23FN4O2/c1-24(2)17(14-7-6-8-15(20)11-14)12-21-18(25)13-22-19(26)23-16-9-4-3-5-10-16/h3-11,17H,12-13H2,1-2H3,(H,21,25)(H2,22,23,26). The SMILES string of the molecule is CN(C)C(CNC(=O)CNC(=O)Nc1ccccc1)c1cccc(F)c1. The van der Waals surface area contributed by atoms with E-state index in [0.717, 1.165) is 5.56 Å². The zero-order valence-electron chi connectivity index (χ0n) is 14.8. The summed E-state index contributed by atoms with van der Waals surface area (Å²) in [6.07, 6.45) is 0. The Balaban J connectivity index is 1.80. The molecule has 0 aromatic heterocycles. The summed E-state index contributed by atoms with van der Waals surface area (Å²) in [4.78, 5) is 25.6. The third kappa shape index (κ3) is 6.18. The van der Waals surface area contributed by atoms with Crippen LogP contribution in [-0.4, -0.2) is 44.0 Å². The van der Waals surface area contributed by atoms with E-state index in [0.29, 0.717) is 12.2 Å². The van der Waals surface area contributed by atoms with Gasteiger partial charge >= 0.3 is 6.03 Å². The molecule has 1 unspecified atom stereocenters. The minimum atomic E-state index is -0.458. The number of rotatable bonds is 7. The molecule has 2 aromatic carbocycles. The number of carbonyl (C=O) groups excluding carboxylic acids is 2. The Kier molecular flexibility index (Phi) is 7.11. The van der Waals surface area contributed by atoms with Gasteiger partial charge in [0, 0.05) is 12.2 Å². The lowest BCUT2D eigenvalue weighted by atomic mass is 10.1. The molecule has 1 atom stereocenters. The Morgan fingerprint density at radius 3 is 2.42 bits per heavy atom. The quantitative estimate of drug-likeness (QED) is 0.711. The fourth-order valence-corrected chi connectivity index (χ4v) is 2.44. The van der Waals surface area contributed by atoms with Crippen molar-refractivity contribution in [2.24, 2.45) is 0 Å². The first kappa shape index (κ1) is 19.4. The fourth-order valence-electron chi connectivity index (χ4n) is 2.44. The maximum atomic E-state index is 13.4. The van der Waals surface area contributed by atoms with Crippen molar-refractivity contribution in [1.29, 1.82) is 0 Å². The highest BCUT2D eigenvalue weighted by Crippen LogP contribution is 2.18. The highest BCUT2D eigenvalue weighted by molar-refractivity contribution is 5.92. The first-order valence-corrected chi connectivity index (χ1v) is 8.24. The van der Waals surface area contributed by atoms with Gasteiger partial charge in [-0.25, -0.2) is 9.18 Å². The third-order valence-electron chi connectivity index (χ3n) is 3.79. The van der Waals surface area contributed by atoms with Crippen molar-refractivity contribution in [3.63, 3.8) is 0 Å². The van der Waals surface area contributed by atoms with Crippen LogP contribution in [0.5, 0.6) is 0 Å². The summed E-state index contributed by atoms with van der Waals surface area (Å²) in [5, 5.41) is 7.89. The molecule has 2 rings (SSSR count). The van der Waals surface area contributed by atoms with E-state index in [2.05, 4.69) is 16.0 Å². The predicted octanol–water partition coefficient (Wildman–Crippen LogP) is 2.37. The van der Waals surface area contributed by atoms with Crippen molar-refractivity contribution < 1.29 is 14.0 Å². The van der Waals surface area contributed by atoms with Gasteiger partial charge < -0.3 is 20.9 Å². The van der Waals surface area contributed by atoms with Gasteiger partial charge in [0.15, 0.2) is 0 Å². The van der Waals surface area contributed by atoms with Crippen molar-refractivity contribution in [3.05, 3.63) is 66.0 Å². The summed E-state index contributed by atoms with van der Waals surface area (Å²) in [7, 11) is 3.71. The van der Waals surface area contributed by atoms with Crippen LogP contribution < -0.4 is 16.0 Å². The molecule has 0 aliphatic rings. The second kappa shape index (κ2) is 9.53. The van der Waals surface area contributed by atoms with E-state index in [4.69, 9.17) is 0 Å². The van der Waals surface area contributed by atoms with E-state index >= 15 is 0 Å². The number of hydrogen-bond donors (Lipinski definition) is 3. The topological polar surface area (TPSA) is 73.5 Å². The van der Waals surface area contributed by atoms with Crippen LogP contribution in [0, 0.1) is 5.82 Å². The van der Waals surface area contributed by atoms with E-state index in [1.165, 1.54) is 12.1 Å². The smallest absolute Gasteiger partial charge is 0.319 e. The molecule has 26 heavy (non-hydrogen) atoms. The van der Waals surface area contributed by atoms with Gasteiger partial charge in [0.1, 0.15) is 5.82 Å². The Labute approximate surface area is 152 Å². The lowest BCUT2D eigenvalue weighted by Crippen LogP contribution is -2.41. The van der Waals surface area contributed by atoms with Crippen molar-refractivity contribution in [2.75, 3.05) is 32.5 Å². The molecule has 6 nitrogen and oxygen atoms in total. The van der Waals surface area contributed by atoms with Crippen molar-refractivity contribution in [1.82, 2.24) is 15.5 Å². The molecular formula is C19H23FN4O2. The molecule has 2 aromatic rings. The van der Waals surface area contributed by atoms with E-state index in [-0.39, 0.29) is 24.3 Å². The summed E-state index contributed by atoms with van der Waals surface area (Å²) in [6.45, 7) is 0.152. The number of amides is 3. The van der Waals surface area contributed by atoms with Crippen LogP contribution in [-0.2, 0) is 4.79 Å². The Bertz CT molecular complexity index is 737. The van der Waals surface area contributed by atoms with Crippen molar-refractivity contribution in [3.8, 4) is 0 Å². The number of nitrogens with zero attached hydrogens (tertiary/aromatic N) is 1. The maximum Gasteiger partial charge on any atom is 0.319 e. The molecule has 0 saturated heterocycles. The van der Waals surface area contributed by atoms with E-state index in [1.54, 1.807) is 30.3 Å².